The standard InChI is InChI=1S/C58H77N21O28P4S3/c1-7-25-26(10-30(99-25)75-12-21(2)41(59)67-55(75)84)104-109(88,112)93-14-28-27(11-31(100-28)76-13-22(3)42(60)68-56(76)85)105-111(90,114)96-17-58-24(5)97-37(50(103-58)78-19-65-33-44(78)70-53(62)73-47(33)82)39(58)106-108(86,87)95-16-57-23(4)98-38(51(102-57)79-20-66-34-45(79)71-54(63)74-48(34)83)40(57)107-110(89,113)94-15-29-35(80)36(92-9-8-91-6)49(101-29)77-18-64-32-43(77)69-52(61)72-46(32)81/h12-13,18-20,23-31,35-40,49-51,80H,7-11,14-17H2,1-6H3,(H,86,87)(H,88,112)(H,89,113)(H,90,114)(H2,59,67,84)(H2,60,68,85)(H3,61,69,72,81)(H3,62,70,73,82)(H3,63,71,74,83)/p-4/t23-,24-,25+,26+,27+,28+,29+,30+,31+,35-,36?,37?,38?,39+,40+,49+,50+,51+,57-,58-,109?,110?,111?/m0/s1. The number of aromatic amines is 3. The first-order chi connectivity index (χ1) is 53.9. The minimum atomic E-state index is -6.00. The van der Waals surface area contributed by atoms with E-state index in [1.807, 2.05) is 0 Å². The van der Waals surface area contributed by atoms with Crippen molar-refractivity contribution >= 4 is 127 Å². The lowest BCUT2D eigenvalue weighted by Crippen LogP contribution is -2.52. The van der Waals surface area contributed by atoms with E-state index < -0.39 is 204 Å². The Balaban J connectivity index is 0.695. The molecule has 8 aromatic rings. The molecule has 0 radical (unpaired) electrons. The molecule has 49 nitrogen and oxygen atoms in total. The van der Waals surface area contributed by atoms with Gasteiger partial charge in [0, 0.05) is 43.5 Å². The van der Waals surface area contributed by atoms with E-state index in [1.165, 1.54) is 57.9 Å². The molecular weight excluding hydrogens is 1660 g/mol. The summed E-state index contributed by atoms with van der Waals surface area (Å²) in [5, 5.41) is 11.8. The molecule has 4 bridgehead atoms. The van der Waals surface area contributed by atoms with E-state index in [0.717, 1.165) is 17.2 Å². The number of imidazole rings is 3. The number of aromatic nitrogens is 16. The Morgan fingerprint density at radius 2 is 1.03 bits per heavy atom. The first-order valence-corrected chi connectivity index (χ1v) is 43.9. The summed E-state index contributed by atoms with van der Waals surface area (Å²) in [5.74, 6) is -1.10. The third-order valence-corrected chi connectivity index (χ3v) is 26.0. The van der Waals surface area contributed by atoms with Gasteiger partial charge in [0.15, 0.2) is 59.0 Å². The van der Waals surface area contributed by atoms with Crippen LogP contribution in [0.2, 0.25) is 0 Å². The molecule has 15 heterocycles. The highest BCUT2D eigenvalue weighted by molar-refractivity contribution is 8.32. The monoisotopic (exact) mass is 1730 g/mol. The number of methoxy groups -OCH3 is 1. The molecule has 7 saturated heterocycles. The van der Waals surface area contributed by atoms with E-state index in [-0.39, 0.29) is 89.0 Å². The van der Waals surface area contributed by atoms with Gasteiger partial charge in [-0.25, -0.2) is 24.5 Å². The van der Waals surface area contributed by atoms with Gasteiger partial charge in [0.05, 0.1) is 89.1 Å². The lowest BCUT2D eigenvalue weighted by Gasteiger charge is -2.40. The zero-order valence-corrected chi connectivity index (χ0v) is 66.4. The van der Waals surface area contributed by atoms with E-state index in [2.05, 4.69) is 54.8 Å². The second-order valence-corrected chi connectivity index (χ2v) is 37.0. The number of fused-ring (bicyclic) bond motifs is 7. The van der Waals surface area contributed by atoms with Crippen molar-refractivity contribution in [2.24, 2.45) is 0 Å². The van der Waals surface area contributed by atoms with E-state index in [1.54, 1.807) is 20.8 Å². The number of H-pyrrole nitrogens is 3. The van der Waals surface area contributed by atoms with Crippen LogP contribution in [0.5, 0.6) is 0 Å². The Labute approximate surface area is 654 Å². The van der Waals surface area contributed by atoms with Crippen LogP contribution >= 0.6 is 28.1 Å². The molecule has 7 aliphatic heterocycles. The van der Waals surface area contributed by atoms with Gasteiger partial charge in [-0.1, -0.05) is 30.5 Å². The summed E-state index contributed by atoms with van der Waals surface area (Å²) in [6, 6.07) is 0. The number of rotatable bonds is 30. The van der Waals surface area contributed by atoms with Crippen molar-refractivity contribution < 1.29 is 108 Å². The molecule has 15 rings (SSSR count). The van der Waals surface area contributed by atoms with Gasteiger partial charge < -0.3 is 140 Å². The molecule has 24 atom stereocenters. The molecule has 114 heavy (non-hydrogen) atoms. The summed E-state index contributed by atoms with van der Waals surface area (Å²) in [7, 11) is -4.59. The number of ether oxygens (including phenoxy) is 9. The highest BCUT2D eigenvalue weighted by Crippen LogP contribution is 2.62. The van der Waals surface area contributed by atoms with Crippen molar-refractivity contribution in [3.05, 3.63) is 94.5 Å². The number of nitrogen functional groups attached to an aromatic ring is 5. The number of aliphatic hydroxyl groups excluding tert-OH is 1. The number of hydrogen-bond donors (Lipinski definition) is 9. The SMILES string of the molecule is CC[C@H]1O[C@@H](n2cc(C)c(N)nc2=O)C[C@H]1OP([O-])(=S)OC[C@H]1O[C@@H](n2cc(C)c(N)nc2=O)C[C@H]1OP(=O)([S-])OC[C@]12O[C@@H](n3cnc4c(=O)[nH]c(N)nc43)C(O[C@H]1C)[C@H]2OP(=O)([O-])OC[C@]12O[C@@H](n3cnc4c(=O)[nH]c(N)nc43)C(O[C@H]1C)[C@H]2OP([O-])(=S)OC[C@H]1O[C@@H](n2cnc3c(=O)[nH]c(N)nc32)C(OCCOC)[C@H]1O. The van der Waals surface area contributed by atoms with Crippen LogP contribution in [0, 0.1) is 13.8 Å². The maximum absolute atomic E-state index is 15.1. The zero-order valence-electron chi connectivity index (χ0n) is 60.3. The topological polar surface area (TPSA) is 671 Å². The molecule has 7 fully saturated rings. The average molecular weight is 1730 g/mol. The number of hydrogen-bond acceptors (Lipinski definition) is 44. The van der Waals surface area contributed by atoms with Crippen LogP contribution in [0.3, 0.4) is 0 Å². The first kappa shape index (κ1) is 82.2. The summed E-state index contributed by atoms with van der Waals surface area (Å²) in [5.41, 5.74) is 21.0. The molecule has 14 N–H and O–H groups in total. The van der Waals surface area contributed by atoms with Gasteiger partial charge in [-0.3, -0.25) is 61.3 Å². The van der Waals surface area contributed by atoms with Gasteiger partial charge in [0.25, 0.3) is 24.5 Å². The Kier molecular flexibility index (Phi) is 22.4. The molecule has 0 aromatic carbocycles. The molecule has 0 amide bonds. The van der Waals surface area contributed by atoms with Gasteiger partial charge in [0.2, 0.25) is 17.8 Å². The van der Waals surface area contributed by atoms with Crippen LogP contribution in [0.25, 0.3) is 33.5 Å². The summed E-state index contributed by atoms with van der Waals surface area (Å²) >= 11 is 16.5. The Morgan fingerprint density at radius 3 is 1.51 bits per heavy atom. The molecule has 7 aliphatic rings. The summed E-state index contributed by atoms with van der Waals surface area (Å²) in [6.45, 7) is -10.6. The smallest absolute Gasteiger partial charge is 0.351 e. The largest absolute Gasteiger partial charge is 0.780 e. The third-order valence-electron chi connectivity index (χ3n) is 20.4. The van der Waals surface area contributed by atoms with E-state index in [9.17, 15) is 38.9 Å². The van der Waals surface area contributed by atoms with Crippen LogP contribution in [0.4, 0.5) is 29.5 Å². The Morgan fingerprint density at radius 1 is 0.588 bits per heavy atom. The Bertz CT molecular complexity index is 5590. The predicted molar refractivity (Wildman–Crippen MR) is 391 cm³/mol. The van der Waals surface area contributed by atoms with Crippen molar-refractivity contribution in [1.82, 2.24) is 77.7 Å². The van der Waals surface area contributed by atoms with Crippen molar-refractivity contribution in [2.45, 2.75) is 176 Å². The lowest BCUT2D eigenvalue weighted by molar-refractivity contribution is -0.252. The zero-order chi connectivity index (χ0) is 81.4. The average Bonchev–Trinajstić information content (AvgIpc) is 1.55. The number of phosphoric ester groups is 1. The van der Waals surface area contributed by atoms with Gasteiger partial charge >= 0.3 is 11.4 Å². The van der Waals surface area contributed by atoms with Crippen molar-refractivity contribution in [3.8, 4) is 0 Å². The quantitative estimate of drug-likeness (QED) is 0.0121. The van der Waals surface area contributed by atoms with Gasteiger partial charge in [-0.05, 0) is 34.1 Å². The van der Waals surface area contributed by atoms with Gasteiger partial charge in [0.1, 0.15) is 97.6 Å². The third kappa shape index (κ3) is 15.5. The predicted octanol–water partition coefficient (Wildman–Crippen LogP) is -3.29. The molecule has 7 unspecified atom stereocenters. The highest BCUT2D eigenvalue weighted by Gasteiger charge is 2.70. The number of aryl methyl sites for hydroxylation is 2. The van der Waals surface area contributed by atoms with Crippen LogP contribution in [0.15, 0.2) is 55.3 Å². The van der Waals surface area contributed by atoms with Gasteiger partial charge in [-0.15, -0.1) is 0 Å². The van der Waals surface area contributed by atoms with Crippen LogP contribution in [0.1, 0.15) is 82.3 Å². The number of nitrogens with two attached hydrogens (primary N) is 5. The number of aliphatic hydroxyl groups is 1. The van der Waals surface area contributed by atoms with E-state index in [4.69, 9.17) is 143 Å². The maximum atomic E-state index is 15.1. The Hall–Kier alpha value is -6.92. The van der Waals surface area contributed by atoms with Gasteiger partial charge in [-0.2, -0.15) is 24.9 Å². The second kappa shape index (κ2) is 31.1. The number of anilines is 5. The fourth-order valence-electron chi connectivity index (χ4n) is 14.8. The number of phosphoric acid groups is 1. The summed E-state index contributed by atoms with van der Waals surface area (Å²) in [4.78, 5) is 150. The molecule has 0 spiro atoms. The number of nitrogens with zero attached hydrogens (tertiary/aromatic N) is 13. The van der Waals surface area contributed by atoms with Crippen molar-refractivity contribution in [2.75, 3.05) is 75.4 Å². The fraction of sp³-hybridized carbons (Fsp3) is 0.603. The van der Waals surface area contributed by atoms with Crippen LogP contribution < -0.4 is 71.4 Å². The molecule has 8 aromatic heterocycles. The summed E-state index contributed by atoms with van der Waals surface area (Å²) < 4.78 is 140. The normalized spacial score (nSPS) is 32.8. The highest BCUT2D eigenvalue weighted by atomic mass is 32.7. The minimum absolute atomic E-state index is 0.0145. The number of nitrogens with one attached hydrogen (secondary N) is 3. The molecular formula is C58H73N21O28P4S3-4. The van der Waals surface area contributed by atoms with E-state index >= 15 is 14.0 Å². The fourth-order valence-corrected chi connectivity index (χ4v) is 20.1. The molecule has 620 valence electrons. The van der Waals surface area contributed by atoms with E-state index in [0.29, 0.717) is 17.5 Å². The van der Waals surface area contributed by atoms with Crippen molar-refractivity contribution in [3.63, 3.8) is 0 Å². The first-order valence-electron chi connectivity index (χ1n) is 34.7. The molecule has 0 aliphatic carbocycles. The minimum Gasteiger partial charge on any atom is -0.780 e. The maximum Gasteiger partial charge on any atom is 0.351 e. The molecule has 0 saturated carbocycles. The van der Waals surface area contributed by atoms with Crippen LogP contribution in [-0.2, 0) is 124 Å². The molecule has 56 heteroatoms. The summed E-state index contributed by atoms with van der Waals surface area (Å²) in [6.07, 6.45) is -19.0. The second-order valence-electron chi connectivity index (χ2n) is 27.5. The van der Waals surface area contributed by atoms with Crippen molar-refractivity contribution in [1.29, 1.82) is 0 Å². The lowest BCUT2D eigenvalue weighted by atomic mass is 9.94. The van der Waals surface area contributed by atoms with Crippen LogP contribution in [-0.4, -0.2) is 220 Å².